The topological polar surface area (TPSA) is 38.8 Å². The van der Waals surface area contributed by atoms with E-state index in [1.165, 1.54) is 0 Å². The number of rotatable bonds is 6. The summed E-state index contributed by atoms with van der Waals surface area (Å²) >= 11 is 0. The standard InChI is InChI=1S/C12H17NO3/c1-13(6-7-14)9-10-4-5-11(15-2)8-12(10)16-3/h4-5,7-8H,6,9H2,1-3H3. The van der Waals surface area contributed by atoms with Crippen LogP contribution in [0.2, 0.25) is 0 Å². The summed E-state index contributed by atoms with van der Waals surface area (Å²) in [5, 5.41) is 0. The van der Waals surface area contributed by atoms with Gasteiger partial charge in [0.1, 0.15) is 17.8 Å². The number of carbonyl (C=O) groups is 1. The highest BCUT2D eigenvalue weighted by atomic mass is 16.5. The van der Waals surface area contributed by atoms with Crippen molar-refractivity contribution in [3.8, 4) is 11.5 Å². The molecule has 4 nitrogen and oxygen atoms in total. The first-order valence-electron chi connectivity index (χ1n) is 5.04. The molecule has 0 aliphatic carbocycles. The van der Waals surface area contributed by atoms with Gasteiger partial charge in [-0.05, 0) is 13.1 Å². The van der Waals surface area contributed by atoms with Gasteiger partial charge in [-0.3, -0.25) is 4.90 Å². The van der Waals surface area contributed by atoms with E-state index in [9.17, 15) is 4.79 Å². The summed E-state index contributed by atoms with van der Waals surface area (Å²) in [6.45, 7) is 1.08. The van der Waals surface area contributed by atoms with E-state index < -0.39 is 0 Å². The summed E-state index contributed by atoms with van der Waals surface area (Å²) in [4.78, 5) is 12.3. The van der Waals surface area contributed by atoms with Crippen molar-refractivity contribution in [3.63, 3.8) is 0 Å². The lowest BCUT2D eigenvalue weighted by molar-refractivity contribution is -0.108. The molecule has 0 spiro atoms. The first-order chi connectivity index (χ1) is 7.71. The number of carbonyl (C=O) groups excluding carboxylic acids is 1. The number of nitrogens with zero attached hydrogens (tertiary/aromatic N) is 1. The van der Waals surface area contributed by atoms with Crippen molar-refractivity contribution in [1.82, 2.24) is 4.90 Å². The normalized spacial score (nSPS) is 10.2. The molecule has 1 aromatic rings. The van der Waals surface area contributed by atoms with E-state index in [0.29, 0.717) is 13.1 Å². The Morgan fingerprint density at radius 2 is 2.06 bits per heavy atom. The Bertz CT molecular complexity index is 352. The second kappa shape index (κ2) is 6.12. The Morgan fingerprint density at radius 3 is 2.62 bits per heavy atom. The van der Waals surface area contributed by atoms with E-state index in [1.807, 2.05) is 30.1 Å². The van der Waals surface area contributed by atoms with Crippen LogP contribution < -0.4 is 9.47 Å². The van der Waals surface area contributed by atoms with E-state index in [-0.39, 0.29) is 0 Å². The molecular formula is C12H17NO3. The zero-order valence-electron chi connectivity index (χ0n) is 9.90. The van der Waals surface area contributed by atoms with Crippen molar-refractivity contribution in [1.29, 1.82) is 0 Å². The Hall–Kier alpha value is -1.55. The number of hydrogen-bond acceptors (Lipinski definition) is 4. The highest BCUT2D eigenvalue weighted by Crippen LogP contribution is 2.25. The van der Waals surface area contributed by atoms with Crippen molar-refractivity contribution in [2.24, 2.45) is 0 Å². The van der Waals surface area contributed by atoms with Gasteiger partial charge in [-0.1, -0.05) is 6.07 Å². The summed E-state index contributed by atoms with van der Waals surface area (Å²) in [7, 11) is 5.13. The molecular weight excluding hydrogens is 206 g/mol. The Balaban J connectivity index is 2.82. The molecule has 0 bridgehead atoms. The monoisotopic (exact) mass is 223 g/mol. The van der Waals surface area contributed by atoms with Gasteiger partial charge in [0.2, 0.25) is 0 Å². The lowest BCUT2D eigenvalue weighted by Crippen LogP contribution is -2.20. The summed E-state index contributed by atoms with van der Waals surface area (Å²) in [5.41, 5.74) is 1.03. The van der Waals surface area contributed by atoms with Gasteiger partial charge in [0.15, 0.2) is 0 Å². The molecule has 1 rings (SSSR count). The number of benzene rings is 1. The molecule has 0 unspecified atom stereocenters. The lowest BCUT2D eigenvalue weighted by atomic mass is 10.2. The Morgan fingerprint density at radius 1 is 1.31 bits per heavy atom. The quantitative estimate of drug-likeness (QED) is 0.682. The minimum atomic E-state index is 0.412. The summed E-state index contributed by atoms with van der Waals surface area (Å²) in [6, 6.07) is 5.66. The van der Waals surface area contributed by atoms with Gasteiger partial charge in [-0.2, -0.15) is 0 Å². The molecule has 0 aliphatic rings. The van der Waals surface area contributed by atoms with E-state index in [0.717, 1.165) is 23.3 Å². The van der Waals surface area contributed by atoms with Gasteiger partial charge in [-0.15, -0.1) is 0 Å². The van der Waals surface area contributed by atoms with Gasteiger partial charge < -0.3 is 14.3 Å². The van der Waals surface area contributed by atoms with Gasteiger partial charge in [-0.25, -0.2) is 0 Å². The second-order valence-corrected chi connectivity index (χ2v) is 3.54. The third-order valence-electron chi connectivity index (χ3n) is 2.32. The number of aldehydes is 1. The van der Waals surface area contributed by atoms with Crippen LogP contribution in [0.4, 0.5) is 0 Å². The van der Waals surface area contributed by atoms with E-state index in [2.05, 4.69) is 0 Å². The van der Waals surface area contributed by atoms with Crippen LogP contribution in [0.25, 0.3) is 0 Å². The molecule has 0 fully saturated rings. The van der Waals surface area contributed by atoms with Crippen molar-refractivity contribution >= 4 is 6.29 Å². The van der Waals surface area contributed by atoms with Gasteiger partial charge in [0.05, 0.1) is 20.8 Å². The predicted octanol–water partition coefficient (Wildman–Crippen LogP) is 1.33. The van der Waals surface area contributed by atoms with Gasteiger partial charge in [0.25, 0.3) is 0 Å². The fraction of sp³-hybridized carbons (Fsp3) is 0.417. The SMILES string of the molecule is COc1ccc(CN(C)CC=O)c(OC)c1. The van der Waals surface area contributed by atoms with Crippen LogP contribution in [0, 0.1) is 0 Å². The van der Waals surface area contributed by atoms with Crippen LogP contribution in [0.15, 0.2) is 18.2 Å². The third kappa shape index (κ3) is 3.24. The molecule has 0 N–H and O–H groups in total. The highest BCUT2D eigenvalue weighted by molar-refractivity contribution is 5.52. The molecule has 88 valence electrons. The molecule has 0 atom stereocenters. The maximum Gasteiger partial charge on any atom is 0.133 e. The maximum absolute atomic E-state index is 10.4. The first kappa shape index (κ1) is 12.5. The number of likely N-dealkylation sites (N-methyl/N-ethyl adjacent to an activating group) is 1. The van der Waals surface area contributed by atoms with Crippen LogP contribution in [-0.2, 0) is 11.3 Å². The summed E-state index contributed by atoms with van der Waals surface area (Å²) < 4.78 is 10.4. The molecule has 1 aromatic carbocycles. The molecule has 0 aromatic heterocycles. The number of ether oxygens (including phenoxy) is 2. The molecule has 0 amide bonds. The predicted molar refractivity (Wildman–Crippen MR) is 61.9 cm³/mol. The summed E-state index contributed by atoms with van der Waals surface area (Å²) in [6.07, 6.45) is 0.885. The maximum atomic E-state index is 10.4. The second-order valence-electron chi connectivity index (χ2n) is 3.54. The average molecular weight is 223 g/mol. The van der Waals surface area contributed by atoms with Crippen LogP contribution in [0.3, 0.4) is 0 Å². The van der Waals surface area contributed by atoms with E-state index in [1.54, 1.807) is 14.2 Å². The number of hydrogen-bond donors (Lipinski definition) is 0. The minimum absolute atomic E-state index is 0.412. The smallest absolute Gasteiger partial charge is 0.133 e. The van der Waals surface area contributed by atoms with Crippen molar-refractivity contribution in [3.05, 3.63) is 23.8 Å². The Labute approximate surface area is 95.8 Å². The molecule has 0 saturated heterocycles. The zero-order chi connectivity index (χ0) is 12.0. The minimum Gasteiger partial charge on any atom is -0.497 e. The van der Waals surface area contributed by atoms with Gasteiger partial charge in [0, 0.05) is 18.2 Å². The summed E-state index contributed by atoms with van der Waals surface area (Å²) in [5.74, 6) is 1.54. The zero-order valence-corrected chi connectivity index (χ0v) is 9.90. The highest BCUT2D eigenvalue weighted by Gasteiger charge is 2.07. The molecule has 16 heavy (non-hydrogen) atoms. The molecule has 0 aliphatic heterocycles. The van der Waals surface area contributed by atoms with Crippen LogP contribution in [-0.4, -0.2) is 39.0 Å². The first-order valence-corrected chi connectivity index (χ1v) is 5.04. The molecule has 0 radical (unpaired) electrons. The van der Waals surface area contributed by atoms with Crippen molar-refractivity contribution in [2.45, 2.75) is 6.54 Å². The average Bonchev–Trinajstić information content (AvgIpc) is 2.30. The molecule has 4 heteroatoms. The fourth-order valence-corrected chi connectivity index (χ4v) is 1.47. The van der Waals surface area contributed by atoms with Crippen molar-refractivity contribution < 1.29 is 14.3 Å². The van der Waals surface area contributed by atoms with Crippen LogP contribution in [0.5, 0.6) is 11.5 Å². The molecule has 0 heterocycles. The van der Waals surface area contributed by atoms with E-state index >= 15 is 0 Å². The van der Waals surface area contributed by atoms with Crippen LogP contribution >= 0.6 is 0 Å². The van der Waals surface area contributed by atoms with E-state index in [4.69, 9.17) is 9.47 Å². The largest absolute Gasteiger partial charge is 0.497 e. The Kier molecular flexibility index (Phi) is 4.79. The fourth-order valence-electron chi connectivity index (χ4n) is 1.47. The van der Waals surface area contributed by atoms with Crippen LogP contribution in [0.1, 0.15) is 5.56 Å². The number of methoxy groups -OCH3 is 2. The van der Waals surface area contributed by atoms with Crippen molar-refractivity contribution in [2.75, 3.05) is 27.8 Å². The lowest BCUT2D eigenvalue weighted by Gasteiger charge is -2.16. The van der Waals surface area contributed by atoms with Gasteiger partial charge >= 0.3 is 0 Å². The third-order valence-corrected chi connectivity index (χ3v) is 2.32. The molecule has 0 saturated carbocycles.